The molecule has 0 N–H and O–H groups in total. The molecule has 0 fully saturated rings. The minimum atomic E-state index is -10.4. The first-order chi connectivity index (χ1) is 20.0. The molecule has 0 saturated carbocycles. The summed E-state index contributed by atoms with van der Waals surface area (Å²) in [7, 11) is 0. The van der Waals surface area contributed by atoms with E-state index in [1.165, 1.54) is 0 Å². The third-order valence-electron chi connectivity index (χ3n) is 4.98. The van der Waals surface area contributed by atoms with Gasteiger partial charge in [-0.15, -0.1) is 9.80 Å². The SMILES string of the molecule is FC(F)(F)C(F)(F)C(F)(F)N(C(F)(F)C(F)(F)N(C(F)(F)C(F)(F)C(F)(F)F)C(F)(F)C(F)(F)C(F)(F)F)C(F)(F)C(F)(F)C(F)(F)F. The lowest BCUT2D eigenvalue weighted by Gasteiger charge is -2.51. The number of nitrogens with zero attached hydrogens (tertiary/aromatic N) is 2. The molecule has 0 heterocycles. The highest BCUT2D eigenvalue weighted by Gasteiger charge is 2.95. The Labute approximate surface area is 236 Å². The van der Waals surface area contributed by atoms with E-state index in [2.05, 4.69) is 0 Å². The molecule has 0 saturated heterocycles. The molecule has 0 rings (SSSR count). The Balaban J connectivity index is 8.90. The zero-order valence-electron chi connectivity index (χ0n) is 20.0. The predicted molar refractivity (Wildman–Crippen MR) is 77.4 cm³/mol. The van der Waals surface area contributed by atoms with E-state index in [0.29, 0.717) is 0 Å². The molecule has 0 aliphatic carbocycles. The molecule has 48 heavy (non-hydrogen) atoms. The fraction of sp³-hybridized carbons (Fsp3) is 1.00. The van der Waals surface area contributed by atoms with Crippen LogP contribution in [0.1, 0.15) is 0 Å². The summed E-state index contributed by atoms with van der Waals surface area (Å²) in [6.07, 6.45) is -35.1. The largest absolute Gasteiger partial charge is 0.461 e. The van der Waals surface area contributed by atoms with Crippen molar-refractivity contribution >= 4 is 0 Å². The van der Waals surface area contributed by atoms with E-state index in [1.807, 2.05) is 0 Å². The molecule has 0 atom stereocenters. The third-order valence-corrected chi connectivity index (χ3v) is 4.98. The van der Waals surface area contributed by atoms with E-state index in [0.717, 1.165) is 0 Å². The molecule has 0 aliphatic heterocycles. The standard InChI is InChI=1S/C14F32N2/c15-1(16,5(23,24)25)9(35,36)47(10(37,38)2(17,18)6(26,27)28)13(43,44)14(45,46)48(11(39,40)3(19,20)7(29,30)31)12(41,42)4(21,22)8(32,33)34. The van der Waals surface area contributed by atoms with Crippen molar-refractivity contribution < 1.29 is 140 Å². The van der Waals surface area contributed by atoms with Gasteiger partial charge in [0.25, 0.3) is 0 Å². The van der Waals surface area contributed by atoms with Crippen molar-refractivity contribution in [2.24, 2.45) is 0 Å². The van der Waals surface area contributed by atoms with Crippen LogP contribution >= 0.6 is 0 Å². The molecule has 2 nitrogen and oxygen atoms in total. The number of alkyl halides is 32. The highest BCUT2D eigenvalue weighted by Crippen LogP contribution is 2.65. The Hall–Kier alpha value is -2.32. The molecule has 0 spiro atoms. The van der Waals surface area contributed by atoms with Gasteiger partial charge >= 0.3 is 84.7 Å². The maximum atomic E-state index is 14.4. The number of halogens is 32. The van der Waals surface area contributed by atoms with Crippen LogP contribution in [0.5, 0.6) is 0 Å². The Morgan fingerprint density at radius 3 is 0.354 bits per heavy atom. The molecule has 0 radical (unpaired) electrons. The lowest BCUT2D eigenvalue weighted by atomic mass is 10.1. The molecular weight excluding hydrogens is 804 g/mol. The summed E-state index contributed by atoms with van der Waals surface area (Å²) in [5.74, 6) is -37.5. The lowest BCUT2D eigenvalue weighted by molar-refractivity contribution is -0.551. The third kappa shape index (κ3) is 6.05. The molecule has 0 aromatic carbocycles. The van der Waals surface area contributed by atoms with Crippen LogP contribution in [0, 0.1) is 0 Å². The second kappa shape index (κ2) is 11.1. The van der Waals surface area contributed by atoms with Crippen LogP contribution in [0.25, 0.3) is 0 Å². The summed E-state index contributed by atoms with van der Waals surface area (Å²) in [5.41, 5.74) is 0. The number of rotatable bonds is 11. The van der Waals surface area contributed by atoms with Crippen molar-refractivity contribution in [1.82, 2.24) is 9.80 Å². The maximum absolute atomic E-state index is 14.4. The van der Waals surface area contributed by atoms with Gasteiger partial charge < -0.3 is 0 Å². The summed E-state index contributed by atoms with van der Waals surface area (Å²) in [6, 6.07) is -60.5. The fourth-order valence-electron chi connectivity index (χ4n) is 2.57. The zero-order valence-corrected chi connectivity index (χ0v) is 20.0. The van der Waals surface area contributed by atoms with Crippen LogP contribution < -0.4 is 0 Å². The quantitative estimate of drug-likeness (QED) is 0.152. The summed E-state index contributed by atoms with van der Waals surface area (Å²) in [4.78, 5) is -12.7. The minimum absolute atomic E-state index is 6.37. The first-order valence-electron chi connectivity index (χ1n) is 9.64. The second-order valence-corrected chi connectivity index (χ2v) is 8.21. The highest BCUT2D eigenvalue weighted by atomic mass is 19.5. The van der Waals surface area contributed by atoms with Crippen molar-refractivity contribution in [3.8, 4) is 0 Å². The molecular formula is C14F32N2. The molecule has 0 aromatic rings. The fourth-order valence-corrected chi connectivity index (χ4v) is 2.57. The average Bonchev–Trinajstić information content (AvgIpc) is 2.74. The van der Waals surface area contributed by atoms with E-state index in [1.54, 1.807) is 0 Å². The Morgan fingerprint density at radius 2 is 0.271 bits per heavy atom. The monoisotopic (exact) mass is 804 g/mol. The minimum Gasteiger partial charge on any atom is -0.187 e. The van der Waals surface area contributed by atoms with Gasteiger partial charge in [-0.2, -0.15) is 140 Å². The molecule has 0 amide bonds. The Kier molecular flexibility index (Phi) is 10.6. The first-order valence-corrected chi connectivity index (χ1v) is 9.64. The summed E-state index contributed by atoms with van der Waals surface area (Å²) in [5, 5.41) is 0. The summed E-state index contributed by atoms with van der Waals surface area (Å²) in [6.45, 7) is 0. The highest BCUT2D eigenvalue weighted by molar-refractivity contribution is 5.09. The van der Waals surface area contributed by atoms with Gasteiger partial charge in [-0.3, -0.25) is 0 Å². The lowest BCUT2D eigenvalue weighted by Crippen LogP contribution is -2.83. The van der Waals surface area contributed by atoms with Gasteiger partial charge in [-0.25, -0.2) is 0 Å². The summed E-state index contributed by atoms with van der Waals surface area (Å²) < 4.78 is 423. The smallest absolute Gasteiger partial charge is 0.187 e. The summed E-state index contributed by atoms with van der Waals surface area (Å²) >= 11 is 0. The van der Waals surface area contributed by atoms with Crippen LogP contribution in [0.3, 0.4) is 0 Å². The molecule has 290 valence electrons. The van der Waals surface area contributed by atoms with Crippen molar-refractivity contribution in [3.63, 3.8) is 0 Å². The molecule has 34 heteroatoms. The molecule has 0 bridgehead atoms. The molecule has 0 unspecified atom stereocenters. The predicted octanol–water partition coefficient (Wildman–Crippen LogP) is 9.94. The first kappa shape index (κ1) is 45.7. The van der Waals surface area contributed by atoms with Crippen LogP contribution in [0.4, 0.5) is 140 Å². The zero-order chi connectivity index (χ0) is 40.2. The number of hydrogen-bond donors (Lipinski definition) is 0. The normalized spacial score (nSPS) is 17.1. The van der Waals surface area contributed by atoms with Crippen LogP contribution in [0.2, 0.25) is 0 Å². The second-order valence-electron chi connectivity index (χ2n) is 8.21. The van der Waals surface area contributed by atoms with E-state index in [4.69, 9.17) is 0 Å². The van der Waals surface area contributed by atoms with E-state index >= 15 is 0 Å². The van der Waals surface area contributed by atoms with Crippen molar-refractivity contribution in [1.29, 1.82) is 0 Å². The Bertz CT molecular complexity index is 977. The van der Waals surface area contributed by atoms with Crippen LogP contribution in [-0.2, 0) is 0 Å². The maximum Gasteiger partial charge on any atom is 0.461 e. The topological polar surface area (TPSA) is 6.48 Å². The van der Waals surface area contributed by atoms with Gasteiger partial charge in [0, 0.05) is 0 Å². The van der Waals surface area contributed by atoms with E-state index < -0.39 is 94.5 Å². The van der Waals surface area contributed by atoms with Crippen LogP contribution in [0.15, 0.2) is 0 Å². The van der Waals surface area contributed by atoms with Crippen LogP contribution in [-0.4, -0.2) is 94.5 Å². The van der Waals surface area contributed by atoms with E-state index in [-0.39, 0.29) is 0 Å². The van der Waals surface area contributed by atoms with Gasteiger partial charge in [-0.1, -0.05) is 0 Å². The van der Waals surface area contributed by atoms with Gasteiger partial charge in [0.2, 0.25) is 0 Å². The van der Waals surface area contributed by atoms with Gasteiger partial charge in [0.05, 0.1) is 0 Å². The van der Waals surface area contributed by atoms with E-state index in [9.17, 15) is 140 Å². The molecule has 0 aromatic heterocycles. The molecule has 0 aliphatic rings. The van der Waals surface area contributed by atoms with Crippen molar-refractivity contribution in [2.75, 3.05) is 0 Å². The van der Waals surface area contributed by atoms with Crippen molar-refractivity contribution in [2.45, 2.75) is 84.7 Å². The van der Waals surface area contributed by atoms with Gasteiger partial charge in [-0.05, 0) is 0 Å². The number of hydrogen-bond acceptors (Lipinski definition) is 2. The van der Waals surface area contributed by atoms with Gasteiger partial charge in [0.1, 0.15) is 0 Å². The average molecular weight is 804 g/mol. The Morgan fingerprint density at radius 1 is 0.167 bits per heavy atom. The van der Waals surface area contributed by atoms with Gasteiger partial charge in [0.15, 0.2) is 0 Å². The van der Waals surface area contributed by atoms with Crippen molar-refractivity contribution in [3.05, 3.63) is 0 Å².